The quantitative estimate of drug-likeness (QED) is 0.0858. The molecule has 0 bridgehead atoms. The minimum atomic E-state index is 0.345. The molecule has 0 saturated heterocycles. The topological polar surface area (TPSA) is 74.6 Å². The van der Waals surface area contributed by atoms with Gasteiger partial charge in [0, 0.05) is 26.1 Å². The molecular weight excluding hydrogens is 544 g/mol. The fourth-order valence-electron chi connectivity index (χ4n) is 6.58. The van der Waals surface area contributed by atoms with Crippen LogP contribution in [0.2, 0.25) is 0 Å². The van der Waals surface area contributed by atoms with Crippen LogP contribution in [0.5, 0.6) is 0 Å². The monoisotopic (exact) mass is 617 g/mol. The Morgan fingerprint density at radius 1 is 0.364 bits per heavy atom. The Kier molecular flexibility index (Phi) is 29.4. The summed E-state index contributed by atoms with van der Waals surface area (Å²) in [5, 5.41) is 17.4. The zero-order valence-corrected chi connectivity index (χ0v) is 28.9. The van der Waals surface area contributed by atoms with Crippen molar-refractivity contribution in [1.82, 2.24) is 0 Å². The van der Waals surface area contributed by atoms with Gasteiger partial charge < -0.3 is 10.2 Å². The van der Waals surface area contributed by atoms with Crippen LogP contribution in [0.1, 0.15) is 205 Å². The molecule has 0 aromatic heterocycles. The molecule has 0 aromatic rings. The first-order valence-corrected chi connectivity index (χ1v) is 19.3. The molecule has 4 heteroatoms. The average Bonchev–Trinajstić information content (AvgIpc) is 3.02. The van der Waals surface area contributed by atoms with E-state index >= 15 is 0 Å². The summed E-state index contributed by atoms with van der Waals surface area (Å²) in [6, 6.07) is 0. The predicted octanol–water partition coefficient (Wildman–Crippen LogP) is 11.5. The van der Waals surface area contributed by atoms with Crippen LogP contribution in [0.25, 0.3) is 0 Å². The summed E-state index contributed by atoms with van der Waals surface area (Å²) in [7, 11) is 0. The number of aliphatic hydroxyl groups is 2. The molecule has 0 spiro atoms. The third kappa shape index (κ3) is 27.1. The maximum absolute atomic E-state index is 11.3. The van der Waals surface area contributed by atoms with Crippen molar-refractivity contribution in [2.45, 2.75) is 205 Å². The van der Waals surface area contributed by atoms with Crippen molar-refractivity contribution < 1.29 is 19.8 Å². The molecule has 0 aliphatic heterocycles. The van der Waals surface area contributed by atoms with E-state index in [-0.39, 0.29) is 0 Å². The molecule has 0 atom stereocenters. The van der Waals surface area contributed by atoms with Crippen LogP contribution in [0.3, 0.4) is 0 Å². The number of unbranched alkanes of at least 4 members (excludes halogenated alkanes) is 22. The maximum atomic E-state index is 11.3. The number of hydrogen-bond acceptors (Lipinski definition) is 4. The number of carbonyl (C=O) groups excluding carboxylic acids is 2. The standard InChI is InChI=1S/2C20H36O2/c2*21-17-12-10-8-6-4-2-1-3-5-7-9-11-14-19-15-13-16-20(22)18-19/h2*18,21H,1-17H2. The van der Waals surface area contributed by atoms with Crippen molar-refractivity contribution >= 4 is 11.6 Å². The summed E-state index contributed by atoms with van der Waals surface area (Å²) < 4.78 is 0. The highest BCUT2D eigenvalue weighted by Gasteiger charge is 2.10. The molecular formula is C40H72O4. The van der Waals surface area contributed by atoms with Crippen LogP contribution in [0.4, 0.5) is 0 Å². The van der Waals surface area contributed by atoms with E-state index < -0.39 is 0 Å². The lowest BCUT2D eigenvalue weighted by atomic mass is 9.94. The van der Waals surface area contributed by atoms with E-state index in [0.717, 1.165) is 64.2 Å². The van der Waals surface area contributed by atoms with Gasteiger partial charge in [-0.3, -0.25) is 9.59 Å². The van der Waals surface area contributed by atoms with Crippen molar-refractivity contribution in [3.63, 3.8) is 0 Å². The summed E-state index contributed by atoms with van der Waals surface area (Å²) in [6.07, 6.45) is 43.4. The van der Waals surface area contributed by atoms with Crippen molar-refractivity contribution in [3.05, 3.63) is 23.3 Å². The molecule has 4 nitrogen and oxygen atoms in total. The minimum Gasteiger partial charge on any atom is -0.396 e. The van der Waals surface area contributed by atoms with Gasteiger partial charge in [-0.15, -0.1) is 0 Å². The fourth-order valence-corrected chi connectivity index (χ4v) is 6.58. The van der Waals surface area contributed by atoms with E-state index in [1.807, 2.05) is 12.2 Å². The van der Waals surface area contributed by atoms with Crippen LogP contribution in [0.15, 0.2) is 23.3 Å². The highest BCUT2D eigenvalue weighted by Crippen LogP contribution is 2.22. The van der Waals surface area contributed by atoms with Gasteiger partial charge >= 0.3 is 0 Å². The second kappa shape index (κ2) is 31.7. The normalized spacial score (nSPS) is 15.1. The molecule has 0 aromatic carbocycles. The van der Waals surface area contributed by atoms with Gasteiger partial charge in [0.25, 0.3) is 0 Å². The summed E-state index contributed by atoms with van der Waals surface area (Å²) in [5.41, 5.74) is 2.80. The van der Waals surface area contributed by atoms with Gasteiger partial charge in [0.1, 0.15) is 0 Å². The second-order valence-corrected chi connectivity index (χ2v) is 13.7. The lowest BCUT2D eigenvalue weighted by molar-refractivity contribution is -0.115. The molecule has 0 unspecified atom stereocenters. The molecule has 2 rings (SSSR count). The third-order valence-electron chi connectivity index (χ3n) is 9.38. The van der Waals surface area contributed by atoms with E-state index in [1.54, 1.807) is 0 Å². The first kappa shape index (κ1) is 40.8. The van der Waals surface area contributed by atoms with Gasteiger partial charge in [-0.25, -0.2) is 0 Å². The number of ketones is 2. The van der Waals surface area contributed by atoms with Gasteiger partial charge in [0.05, 0.1) is 0 Å². The number of allylic oxidation sites excluding steroid dienone is 4. The van der Waals surface area contributed by atoms with Gasteiger partial charge in [0.2, 0.25) is 0 Å². The Bertz CT molecular complexity index is 676. The molecule has 256 valence electrons. The van der Waals surface area contributed by atoms with Gasteiger partial charge in [-0.1, -0.05) is 140 Å². The number of rotatable bonds is 28. The van der Waals surface area contributed by atoms with E-state index in [2.05, 4.69) is 0 Å². The van der Waals surface area contributed by atoms with Crippen LogP contribution in [0, 0.1) is 0 Å². The first-order valence-electron chi connectivity index (χ1n) is 19.3. The van der Waals surface area contributed by atoms with Crippen molar-refractivity contribution in [3.8, 4) is 0 Å². The Balaban J connectivity index is 0.000000440. The molecule has 0 fully saturated rings. The molecule has 0 saturated carbocycles. The van der Waals surface area contributed by atoms with E-state index in [0.29, 0.717) is 24.8 Å². The molecule has 44 heavy (non-hydrogen) atoms. The smallest absolute Gasteiger partial charge is 0.155 e. The number of aliphatic hydroxyl groups excluding tert-OH is 2. The third-order valence-corrected chi connectivity index (χ3v) is 9.38. The molecule has 2 N–H and O–H groups in total. The summed E-state index contributed by atoms with van der Waals surface area (Å²) in [6.45, 7) is 0.710. The van der Waals surface area contributed by atoms with Crippen molar-refractivity contribution in [2.75, 3.05) is 13.2 Å². The van der Waals surface area contributed by atoms with Crippen LogP contribution in [-0.2, 0) is 9.59 Å². The van der Waals surface area contributed by atoms with E-state index in [9.17, 15) is 9.59 Å². The van der Waals surface area contributed by atoms with E-state index in [1.165, 1.54) is 152 Å². The Hall–Kier alpha value is -1.26. The van der Waals surface area contributed by atoms with Crippen LogP contribution >= 0.6 is 0 Å². The number of carbonyl (C=O) groups is 2. The highest BCUT2D eigenvalue weighted by atomic mass is 16.3. The van der Waals surface area contributed by atoms with E-state index in [4.69, 9.17) is 10.2 Å². The van der Waals surface area contributed by atoms with Gasteiger partial charge in [0.15, 0.2) is 11.6 Å². The summed E-state index contributed by atoms with van der Waals surface area (Å²) in [5.74, 6) is 0.690. The summed E-state index contributed by atoms with van der Waals surface area (Å²) >= 11 is 0. The average molecular weight is 617 g/mol. The zero-order chi connectivity index (χ0) is 31.8. The molecule has 0 radical (unpaired) electrons. The Morgan fingerprint density at radius 2 is 0.614 bits per heavy atom. The lowest BCUT2D eigenvalue weighted by Gasteiger charge is -2.11. The minimum absolute atomic E-state index is 0.345. The van der Waals surface area contributed by atoms with Crippen molar-refractivity contribution in [1.29, 1.82) is 0 Å². The lowest BCUT2D eigenvalue weighted by Crippen LogP contribution is -2.02. The Labute approximate surface area is 272 Å². The van der Waals surface area contributed by atoms with Crippen molar-refractivity contribution in [2.24, 2.45) is 0 Å². The predicted molar refractivity (Wildman–Crippen MR) is 188 cm³/mol. The molecule has 0 heterocycles. The molecule has 2 aliphatic rings. The summed E-state index contributed by atoms with van der Waals surface area (Å²) in [4.78, 5) is 22.6. The van der Waals surface area contributed by atoms with Gasteiger partial charge in [-0.05, 0) is 76.4 Å². The largest absolute Gasteiger partial charge is 0.396 e. The molecule has 2 aliphatic carbocycles. The van der Waals surface area contributed by atoms with Crippen LogP contribution < -0.4 is 0 Å². The van der Waals surface area contributed by atoms with Crippen LogP contribution in [-0.4, -0.2) is 35.0 Å². The second-order valence-electron chi connectivity index (χ2n) is 13.7. The first-order chi connectivity index (χ1) is 21.7. The van der Waals surface area contributed by atoms with Gasteiger partial charge in [-0.2, -0.15) is 0 Å². The maximum Gasteiger partial charge on any atom is 0.155 e. The Morgan fingerprint density at radius 3 is 0.864 bits per heavy atom. The SMILES string of the molecule is O=C1C=C(CCCCCCCCCCCCCCO)CCC1.O=C1C=C(CCCCCCCCCCCCCCO)CCC1. The fraction of sp³-hybridized carbons (Fsp3) is 0.850. The molecule has 0 amide bonds. The number of hydrogen-bond donors (Lipinski definition) is 2. The zero-order valence-electron chi connectivity index (χ0n) is 28.9. The highest BCUT2D eigenvalue weighted by molar-refractivity contribution is 5.91.